The number of aryl methyl sites for hydroxylation is 2. The van der Waals surface area contributed by atoms with Crippen LogP contribution in [0.1, 0.15) is 32.9 Å². The zero-order chi connectivity index (χ0) is 19.2. The number of hydrogen-bond donors (Lipinski definition) is 1. The summed E-state index contributed by atoms with van der Waals surface area (Å²) in [4.78, 5) is 16.4. The van der Waals surface area contributed by atoms with Gasteiger partial charge in [0.25, 0.3) is 5.91 Å². The number of nitrogens with zero attached hydrogens (tertiary/aromatic N) is 2. The fourth-order valence-corrected chi connectivity index (χ4v) is 2.57. The average Bonchev–Trinajstić information content (AvgIpc) is 3.02. The largest absolute Gasteiger partial charge is 0.493 e. The summed E-state index contributed by atoms with van der Waals surface area (Å²) in [7, 11) is 1.54. The normalized spacial score (nSPS) is 10.5. The molecule has 0 aliphatic carbocycles. The van der Waals surface area contributed by atoms with Crippen LogP contribution < -0.4 is 14.8 Å². The molecule has 0 aliphatic heterocycles. The van der Waals surface area contributed by atoms with Crippen molar-refractivity contribution in [3.05, 3.63) is 70.9 Å². The fraction of sp³-hybridized carbons (Fsp3) is 0.250. The molecule has 7 nitrogen and oxygen atoms in total. The summed E-state index contributed by atoms with van der Waals surface area (Å²) in [6, 6.07) is 8.80. The first-order valence-electron chi connectivity index (χ1n) is 8.48. The molecule has 0 fully saturated rings. The van der Waals surface area contributed by atoms with Crippen molar-refractivity contribution < 1.29 is 18.8 Å². The van der Waals surface area contributed by atoms with Crippen LogP contribution in [0.3, 0.4) is 0 Å². The zero-order valence-corrected chi connectivity index (χ0v) is 15.5. The van der Waals surface area contributed by atoms with E-state index in [0.29, 0.717) is 30.2 Å². The van der Waals surface area contributed by atoms with Crippen molar-refractivity contribution in [3.8, 4) is 11.5 Å². The lowest BCUT2D eigenvalue weighted by molar-refractivity contribution is 0.0950. The smallest absolute Gasteiger partial charge is 0.251 e. The lowest BCUT2D eigenvalue weighted by Gasteiger charge is -2.12. The van der Waals surface area contributed by atoms with Gasteiger partial charge in [-0.15, -0.1) is 0 Å². The molecule has 0 saturated carbocycles. The number of ether oxygens (including phenoxy) is 2. The van der Waals surface area contributed by atoms with Crippen LogP contribution in [0, 0.1) is 13.8 Å². The number of pyridine rings is 1. The van der Waals surface area contributed by atoms with E-state index in [4.69, 9.17) is 14.0 Å². The number of carbonyl (C=O) groups excluding carboxylic acids is 1. The summed E-state index contributed by atoms with van der Waals surface area (Å²) in [5.74, 6) is 1.55. The van der Waals surface area contributed by atoms with Gasteiger partial charge in [-0.05, 0) is 43.7 Å². The molecule has 0 atom stereocenters. The molecule has 3 aromatic rings. The van der Waals surface area contributed by atoms with Gasteiger partial charge in [-0.1, -0.05) is 11.2 Å². The molecule has 0 radical (unpaired) electrons. The van der Waals surface area contributed by atoms with E-state index < -0.39 is 0 Å². The van der Waals surface area contributed by atoms with E-state index >= 15 is 0 Å². The predicted molar refractivity (Wildman–Crippen MR) is 98.7 cm³/mol. The van der Waals surface area contributed by atoms with Gasteiger partial charge in [0.2, 0.25) is 0 Å². The molecule has 7 heteroatoms. The van der Waals surface area contributed by atoms with Crippen LogP contribution in [-0.2, 0) is 13.2 Å². The minimum Gasteiger partial charge on any atom is -0.493 e. The maximum Gasteiger partial charge on any atom is 0.251 e. The molecule has 2 aromatic heterocycles. The summed E-state index contributed by atoms with van der Waals surface area (Å²) in [6.45, 7) is 4.41. The third kappa shape index (κ3) is 4.44. The van der Waals surface area contributed by atoms with Crippen molar-refractivity contribution in [2.45, 2.75) is 27.0 Å². The monoisotopic (exact) mass is 367 g/mol. The predicted octanol–water partition coefficient (Wildman–Crippen LogP) is 3.20. The summed E-state index contributed by atoms with van der Waals surface area (Å²) >= 11 is 0. The standard InChI is InChI=1S/C20H21N3O4/c1-13-17(14(2)27-23-13)12-26-18-7-6-16(9-19(18)25-3)20(24)22-11-15-5-4-8-21-10-15/h4-10H,11-12H2,1-3H3,(H,22,24). The minimum absolute atomic E-state index is 0.200. The van der Waals surface area contributed by atoms with Crippen molar-refractivity contribution in [2.24, 2.45) is 0 Å². The van der Waals surface area contributed by atoms with Crippen LogP contribution in [0.15, 0.2) is 47.2 Å². The molecule has 1 amide bonds. The Labute approximate surface area is 157 Å². The Balaban J connectivity index is 1.67. The Morgan fingerprint density at radius 1 is 1.22 bits per heavy atom. The van der Waals surface area contributed by atoms with Gasteiger partial charge >= 0.3 is 0 Å². The molecule has 3 rings (SSSR count). The lowest BCUT2D eigenvalue weighted by Crippen LogP contribution is -2.22. The van der Waals surface area contributed by atoms with Gasteiger partial charge < -0.3 is 19.3 Å². The first-order chi connectivity index (χ1) is 13.1. The number of nitrogens with one attached hydrogen (secondary N) is 1. The Kier molecular flexibility index (Phi) is 5.71. The highest BCUT2D eigenvalue weighted by atomic mass is 16.5. The summed E-state index contributed by atoms with van der Waals surface area (Å²) in [6.07, 6.45) is 3.41. The second-order valence-electron chi connectivity index (χ2n) is 6.00. The van der Waals surface area contributed by atoms with Gasteiger partial charge in [-0.2, -0.15) is 0 Å². The quantitative estimate of drug-likeness (QED) is 0.690. The highest BCUT2D eigenvalue weighted by Gasteiger charge is 2.14. The van der Waals surface area contributed by atoms with Crippen LogP contribution in [0.5, 0.6) is 11.5 Å². The van der Waals surface area contributed by atoms with Crippen LogP contribution in [0.4, 0.5) is 0 Å². The van der Waals surface area contributed by atoms with E-state index in [1.165, 1.54) is 7.11 Å². The summed E-state index contributed by atoms with van der Waals surface area (Å²) in [5, 5.41) is 6.77. The van der Waals surface area contributed by atoms with Crippen molar-refractivity contribution in [1.82, 2.24) is 15.5 Å². The molecule has 1 aromatic carbocycles. The molecule has 0 spiro atoms. The Morgan fingerprint density at radius 2 is 2.07 bits per heavy atom. The van der Waals surface area contributed by atoms with Crippen molar-refractivity contribution in [2.75, 3.05) is 7.11 Å². The van der Waals surface area contributed by atoms with E-state index in [2.05, 4.69) is 15.5 Å². The second-order valence-corrected chi connectivity index (χ2v) is 6.00. The molecule has 0 aliphatic rings. The van der Waals surface area contributed by atoms with Crippen molar-refractivity contribution in [1.29, 1.82) is 0 Å². The molecule has 0 bridgehead atoms. The third-order valence-electron chi connectivity index (χ3n) is 4.15. The highest BCUT2D eigenvalue weighted by Crippen LogP contribution is 2.29. The van der Waals surface area contributed by atoms with E-state index in [0.717, 1.165) is 22.6 Å². The molecular weight excluding hydrogens is 346 g/mol. The van der Waals surface area contributed by atoms with E-state index in [-0.39, 0.29) is 5.91 Å². The van der Waals surface area contributed by atoms with Gasteiger partial charge in [0, 0.05) is 24.5 Å². The molecule has 1 N–H and O–H groups in total. The second kappa shape index (κ2) is 8.35. The highest BCUT2D eigenvalue weighted by molar-refractivity contribution is 5.94. The third-order valence-corrected chi connectivity index (χ3v) is 4.15. The molecule has 140 valence electrons. The molecule has 27 heavy (non-hydrogen) atoms. The number of hydrogen-bond acceptors (Lipinski definition) is 6. The maximum atomic E-state index is 12.4. The van der Waals surface area contributed by atoms with Crippen molar-refractivity contribution in [3.63, 3.8) is 0 Å². The molecular formula is C20H21N3O4. The first kappa shape index (κ1) is 18.4. The van der Waals surface area contributed by atoms with Crippen LogP contribution in [0.2, 0.25) is 0 Å². The number of amides is 1. The molecule has 0 unspecified atom stereocenters. The first-order valence-corrected chi connectivity index (χ1v) is 8.48. The summed E-state index contributed by atoms with van der Waals surface area (Å²) in [5.41, 5.74) is 3.10. The Bertz CT molecular complexity index is 903. The van der Waals surface area contributed by atoms with Gasteiger partial charge in [0.1, 0.15) is 12.4 Å². The van der Waals surface area contributed by atoms with Gasteiger partial charge in [-0.25, -0.2) is 0 Å². The number of carbonyl (C=O) groups is 1. The fourth-order valence-electron chi connectivity index (χ4n) is 2.57. The summed E-state index contributed by atoms with van der Waals surface area (Å²) < 4.78 is 16.3. The number of aromatic nitrogens is 2. The van der Waals surface area contributed by atoms with Gasteiger partial charge in [0.15, 0.2) is 11.5 Å². The Morgan fingerprint density at radius 3 is 2.74 bits per heavy atom. The maximum absolute atomic E-state index is 12.4. The van der Waals surface area contributed by atoms with E-state index in [1.807, 2.05) is 26.0 Å². The average molecular weight is 367 g/mol. The topological polar surface area (TPSA) is 86.5 Å². The zero-order valence-electron chi connectivity index (χ0n) is 15.5. The van der Waals surface area contributed by atoms with Crippen LogP contribution in [-0.4, -0.2) is 23.2 Å². The Hall–Kier alpha value is -3.35. The van der Waals surface area contributed by atoms with Gasteiger partial charge in [-0.3, -0.25) is 9.78 Å². The lowest BCUT2D eigenvalue weighted by atomic mass is 10.1. The minimum atomic E-state index is -0.200. The number of rotatable bonds is 7. The number of benzene rings is 1. The SMILES string of the molecule is COc1cc(C(=O)NCc2cccnc2)ccc1OCc1c(C)noc1C. The van der Waals surface area contributed by atoms with Crippen LogP contribution in [0.25, 0.3) is 0 Å². The molecule has 0 saturated heterocycles. The molecule has 2 heterocycles. The van der Waals surface area contributed by atoms with E-state index in [1.54, 1.807) is 30.6 Å². The van der Waals surface area contributed by atoms with Crippen molar-refractivity contribution >= 4 is 5.91 Å². The van der Waals surface area contributed by atoms with E-state index in [9.17, 15) is 4.79 Å². The van der Waals surface area contributed by atoms with Gasteiger partial charge in [0.05, 0.1) is 18.4 Å². The number of methoxy groups -OCH3 is 1. The van der Waals surface area contributed by atoms with Crippen LogP contribution >= 0.6 is 0 Å².